The van der Waals surface area contributed by atoms with Gasteiger partial charge in [-0.25, -0.2) is 14.6 Å². The van der Waals surface area contributed by atoms with Gasteiger partial charge in [0.15, 0.2) is 11.2 Å². The molecule has 6 rings (SSSR count). The van der Waals surface area contributed by atoms with Crippen molar-refractivity contribution in [2.24, 2.45) is 0 Å². The van der Waals surface area contributed by atoms with Crippen molar-refractivity contribution in [1.82, 2.24) is 29.6 Å². The van der Waals surface area contributed by atoms with Crippen LogP contribution >= 0.6 is 0 Å². The van der Waals surface area contributed by atoms with E-state index in [0.29, 0.717) is 90.0 Å². The summed E-state index contributed by atoms with van der Waals surface area (Å²) in [4.78, 5) is 30.3. The number of nitrogens with zero attached hydrogens (tertiary/aromatic N) is 7. The van der Waals surface area contributed by atoms with Crippen LogP contribution in [0, 0.1) is 0 Å². The zero-order valence-electron chi connectivity index (χ0n) is 28.4. The van der Waals surface area contributed by atoms with Crippen molar-refractivity contribution in [2.75, 3.05) is 84.1 Å². The number of rotatable bonds is 17. The second kappa shape index (κ2) is 16.2. The molecular formula is C35H44N8O6. The monoisotopic (exact) mass is 672 g/mol. The molecule has 3 aromatic heterocycles. The molecule has 2 N–H and O–H groups in total. The summed E-state index contributed by atoms with van der Waals surface area (Å²) in [6.45, 7) is 7.90. The molecule has 0 atom stereocenters. The Morgan fingerprint density at radius 2 is 1.69 bits per heavy atom. The Hall–Kier alpha value is -4.63. The lowest BCUT2D eigenvalue weighted by Gasteiger charge is -2.29. The number of fused-ring (bicyclic) bond motifs is 3. The largest absolute Gasteiger partial charge is 0.424 e. The van der Waals surface area contributed by atoms with Gasteiger partial charge in [-0.3, -0.25) is 4.79 Å². The summed E-state index contributed by atoms with van der Waals surface area (Å²) in [6.07, 6.45) is 2.70. The topological polar surface area (TPSA) is 156 Å². The number of benzene rings is 2. The normalized spacial score (nSPS) is 13.0. The third-order valence-electron chi connectivity index (χ3n) is 8.36. The van der Waals surface area contributed by atoms with Gasteiger partial charge in [-0.1, -0.05) is 18.2 Å². The van der Waals surface area contributed by atoms with Crippen LogP contribution in [0.5, 0.6) is 0 Å². The molecule has 1 aliphatic rings. The van der Waals surface area contributed by atoms with Crippen molar-refractivity contribution in [2.45, 2.75) is 32.9 Å². The van der Waals surface area contributed by atoms with Gasteiger partial charge in [0.1, 0.15) is 23.4 Å². The Kier molecular flexibility index (Phi) is 11.3. The SMILES string of the molecule is CCOCCOCCOCCOCCC(=O)N1CCc2cc(Cn3nc(-c4ccc5oc(N)nc5c4)c4c(N(C)C)ncnc43)ccc2C1. The first kappa shape index (κ1) is 34.2. The average molecular weight is 673 g/mol. The number of ether oxygens (including phenoxy) is 4. The van der Waals surface area contributed by atoms with Gasteiger partial charge in [0.25, 0.3) is 6.01 Å². The molecule has 0 aliphatic carbocycles. The number of amides is 1. The average Bonchev–Trinajstić information content (AvgIpc) is 3.67. The molecule has 0 unspecified atom stereocenters. The molecule has 0 fully saturated rings. The Bertz CT molecular complexity index is 1870. The Labute approximate surface area is 285 Å². The van der Waals surface area contributed by atoms with E-state index in [1.165, 1.54) is 5.56 Å². The van der Waals surface area contributed by atoms with E-state index in [1.54, 1.807) is 6.33 Å². The Morgan fingerprint density at radius 1 is 0.939 bits per heavy atom. The fraction of sp³-hybridized carbons (Fsp3) is 0.457. The molecule has 0 spiro atoms. The van der Waals surface area contributed by atoms with Crippen LogP contribution in [0.15, 0.2) is 47.1 Å². The first-order valence-electron chi connectivity index (χ1n) is 16.7. The van der Waals surface area contributed by atoms with Crippen molar-refractivity contribution < 1.29 is 28.2 Å². The van der Waals surface area contributed by atoms with Crippen LogP contribution in [0.1, 0.15) is 30.0 Å². The predicted molar refractivity (Wildman–Crippen MR) is 185 cm³/mol. The minimum atomic E-state index is 0.0942. The predicted octanol–water partition coefficient (Wildman–Crippen LogP) is 3.69. The number of anilines is 2. The zero-order valence-corrected chi connectivity index (χ0v) is 28.4. The molecule has 4 heterocycles. The van der Waals surface area contributed by atoms with E-state index >= 15 is 0 Å². The number of carbonyl (C=O) groups is 1. The summed E-state index contributed by atoms with van der Waals surface area (Å²) in [5.41, 5.74) is 12.9. The minimum absolute atomic E-state index is 0.0942. The van der Waals surface area contributed by atoms with Crippen molar-refractivity contribution in [3.8, 4) is 11.3 Å². The van der Waals surface area contributed by atoms with Gasteiger partial charge in [0.2, 0.25) is 5.91 Å². The van der Waals surface area contributed by atoms with Crippen LogP contribution in [0.3, 0.4) is 0 Å². The number of aromatic nitrogens is 5. The third kappa shape index (κ3) is 8.33. The Balaban J connectivity index is 1.05. The van der Waals surface area contributed by atoms with Crippen LogP contribution in [-0.4, -0.2) is 109 Å². The van der Waals surface area contributed by atoms with Gasteiger partial charge in [-0.05, 0) is 48.2 Å². The molecule has 0 saturated carbocycles. The van der Waals surface area contributed by atoms with Gasteiger partial charge in [0, 0.05) is 39.4 Å². The van der Waals surface area contributed by atoms with Gasteiger partial charge >= 0.3 is 0 Å². The summed E-state index contributed by atoms with van der Waals surface area (Å²) in [5, 5.41) is 5.90. The van der Waals surface area contributed by atoms with E-state index in [9.17, 15) is 4.79 Å². The lowest BCUT2D eigenvalue weighted by molar-refractivity contribution is -0.133. The van der Waals surface area contributed by atoms with Crippen LogP contribution in [0.4, 0.5) is 11.8 Å². The van der Waals surface area contributed by atoms with Crippen LogP contribution in [0.2, 0.25) is 0 Å². The van der Waals surface area contributed by atoms with E-state index in [1.807, 2.05) is 53.7 Å². The molecule has 0 radical (unpaired) electrons. The number of hydrogen-bond acceptors (Lipinski definition) is 12. The minimum Gasteiger partial charge on any atom is -0.424 e. The van der Waals surface area contributed by atoms with E-state index in [2.05, 4.69) is 33.2 Å². The van der Waals surface area contributed by atoms with Crippen LogP contribution in [-0.2, 0) is 43.3 Å². The van der Waals surface area contributed by atoms with Crippen molar-refractivity contribution in [3.05, 3.63) is 59.4 Å². The molecule has 2 aromatic carbocycles. The zero-order chi connectivity index (χ0) is 34.2. The molecule has 49 heavy (non-hydrogen) atoms. The van der Waals surface area contributed by atoms with E-state index in [4.69, 9.17) is 34.2 Å². The fourth-order valence-corrected chi connectivity index (χ4v) is 5.95. The first-order chi connectivity index (χ1) is 23.9. The molecule has 0 saturated heterocycles. The quantitative estimate of drug-likeness (QED) is 0.143. The first-order valence-corrected chi connectivity index (χ1v) is 16.7. The Morgan fingerprint density at radius 3 is 2.45 bits per heavy atom. The highest BCUT2D eigenvalue weighted by molar-refractivity contribution is 6.00. The number of carbonyl (C=O) groups excluding carboxylic acids is 1. The summed E-state index contributed by atoms with van der Waals surface area (Å²) in [7, 11) is 3.91. The van der Waals surface area contributed by atoms with E-state index in [-0.39, 0.29) is 11.9 Å². The third-order valence-corrected chi connectivity index (χ3v) is 8.36. The summed E-state index contributed by atoms with van der Waals surface area (Å²) in [5.74, 6) is 0.867. The number of hydrogen-bond donors (Lipinski definition) is 1. The molecule has 0 bridgehead atoms. The van der Waals surface area contributed by atoms with E-state index < -0.39 is 0 Å². The molecule has 1 amide bonds. The maximum Gasteiger partial charge on any atom is 0.292 e. The van der Waals surface area contributed by atoms with Crippen molar-refractivity contribution in [3.63, 3.8) is 0 Å². The van der Waals surface area contributed by atoms with Crippen LogP contribution in [0.25, 0.3) is 33.4 Å². The maximum absolute atomic E-state index is 12.9. The number of nitrogens with two attached hydrogens (primary N) is 1. The highest BCUT2D eigenvalue weighted by Crippen LogP contribution is 2.34. The van der Waals surface area contributed by atoms with Crippen LogP contribution < -0.4 is 10.6 Å². The van der Waals surface area contributed by atoms with Gasteiger partial charge in [0.05, 0.1) is 64.6 Å². The second-order valence-electron chi connectivity index (χ2n) is 12.0. The molecule has 5 aromatic rings. The standard InChI is InChI=1S/C35H44N8O6/c1-4-45-13-14-47-17-18-48-16-15-46-12-10-30(44)42-11-9-25-19-24(5-6-27(25)22-42)21-43-34-31(33(41(2)3)37-23-38-34)32(40-43)26-7-8-29-28(20-26)39-35(36)49-29/h5-8,19-20,23H,4,9-18,21-22H2,1-3H3,(H2,36,39). The summed E-state index contributed by atoms with van der Waals surface area (Å²) >= 11 is 0. The summed E-state index contributed by atoms with van der Waals surface area (Å²) < 4.78 is 29.2. The van der Waals surface area contributed by atoms with Crippen molar-refractivity contribution >= 4 is 39.9 Å². The molecule has 1 aliphatic heterocycles. The summed E-state index contributed by atoms with van der Waals surface area (Å²) in [6, 6.07) is 12.3. The maximum atomic E-state index is 12.9. The lowest BCUT2D eigenvalue weighted by Crippen LogP contribution is -2.36. The lowest BCUT2D eigenvalue weighted by atomic mass is 9.97. The van der Waals surface area contributed by atoms with Crippen molar-refractivity contribution in [1.29, 1.82) is 0 Å². The smallest absolute Gasteiger partial charge is 0.292 e. The van der Waals surface area contributed by atoms with Gasteiger partial charge < -0.3 is 38.9 Å². The molecule has 14 nitrogen and oxygen atoms in total. The fourth-order valence-electron chi connectivity index (χ4n) is 5.95. The molecule has 260 valence electrons. The molecular weight excluding hydrogens is 628 g/mol. The van der Waals surface area contributed by atoms with Gasteiger partial charge in [-0.2, -0.15) is 10.1 Å². The van der Waals surface area contributed by atoms with Gasteiger partial charge in [-0.15, -0.1) is 0 Å². The number of oxazole rings is 1. The molecule has 14 heteroatoms. The highest BCUT2D eigenvalue weighted by Gasteiger charge is 2.23. The highest BCUT2D eigenvalue weighted by atomic mass is 16.6. The van der Waals surface area contributed by atoms with E-state index in [0.717, 1.165) is 45.7 Å². The second-order valence-corrected chi connectivity index (χ2v) is 12.0. The number of nitrogen functional groups attached to an aromatic ring is 1.